The van der Waals surface area contributed by atoms with E-state index in [2.05, 4.69) is 9.84 Å². The molecule has 26 heavy (non-hydrogen) atoms. The van der Waals surface area contributed by atoms with Crippen LogP contribution in [0.5, 0.6) is 5.75 Å². The molecule has 9 heteroatoms. The van der Waals surface area contributed by atoms with Crippen LogP contribution in [0.4, 0.5) is 13.2 Å². The van der Waals surface area contributed by atoms with Gasteiger partial charge in [0.05, 0.1) is 16.3 Å². The third kappa shape index (κ3) is 4.23. The maximum atomic E-state index is 12.6. The van der Waals surface area contributed by atoms with E-state index in [9.17, 15) is 21.6 Å². The summed E-state index contributed by atoms with van der Waals surface area (Å²) in [7, 11) is -3.84. The fourth-order valence-corrected chi connectivity index (χ4v) is 3.57. The van der Waals surface area contributed by atoms with Gasteiger partial charge in [-0.3, -0.25) is 4.68 Å². The second-order valence-corrected chi connectivity index (χ2v) is 7.32. The number of hydrogen-bond donors (Lipinski definition) is 0. The molecule has 0 radical (unpaired) electrons. The molecule has 5 nitrogen and oxygen atoms in total. The van der Waals surface area contributed by atoms with Crippen molar-refractivity contribution in [3.05, 3.63) is 72.6 Å². The molecule has 0 aliphatic carbocycles. The molecule has 0 spiro atoms. The number of sulfone groups is 1. The van der Waals surface area contributed by atoms with E-state index in [1.807, 2.05) is 0 Å². The first-order valence-corrected chi connectivity index (χ1v) is 8.90. The SMILES string of the molecule is O=S(=O)(c1ccc(Cn2cccn2)cc1)c1ccc(OC(F)(F)F)cc1. The Morgan fingerprint density at radius 3 is 2.04 bits per heavy atom. The molecule has 0 unspecified atom stereocenters. The lowest BCUT2D eigenvalue weighted by Crippen LogP contribution is -2.17. The van der Waals surface area contributed by atoms with E-state index in [1.165, 1.54) is 12.1 Å². The van der Waals surface area contributed by atoms with Gasteiger partial charge in [-0.25, -0.2) is 8.42 Å². The number of ether oxygens (including phenoxy) is 1. The molecule has 136 valence electrons. The van der Waals surface area contributed by atoms with Crippen LogP contribution in [0.25, 0.3) is 0 Å². The Balaban J connectivity index is 1.79. The Bertz CT molecular complexity index is 966. The minimum atomic E-state index is -4.83. The highest BCUT2D eigenvalue weighted by Crippen LogP contribution is 2.26. The smallest absolute Gasteiger partial charge is 0.406 e. The second-order valence-electron chi connectivity index (χ2n) is 5.37. The molecule has 0 fully saturated rings. The van der Waals surface area contributed by atoms with Gasteiger partial charge in [-0.1, -0.05) is 12.1 Å². The lowest BCUT2D eigenvalue weighted by Gasteiger charge is -2.10. The van der Waals surface area contributed by atoms with Crippen LogP contribution in [0.15, 0.2) is 76.8 Å². The van der Waals surface area contributed by atoms with Gasteiger partial charge in [-0.15, -0.1) is 13.2 Å². The predicted octanol–water partition coefficient (Wildman–Crippen LogP) is 3.66. The normalized spacial score (nSPS) is 12.1. The third-order valence-electron chi connectivity index (χ3n) is 3.51. The number of benzene rings is 2. The number of rotatable bonds is 5. The topological polar surface area (TPSA) is 61.2 Å². The Morgan fingerprint density at radius 1 is 0.962 bits per heavy atom. The number of nitrogens with zero attached hydrogens (tertiary/aromatic N) is 2. The number of hydrogen-bond acceptors (Lipinski definition) is 4. The van der Waals surface area contributed by atoms with Crippen LogP contribution in [0.2, 0.25) is 0 Å². The molecule has 1 heterocycles. The zero-order valence-electron chi connectivity index (χ0n) is 13.2. The summed E-state index contributed by atoms with van der Waals surface area (Å²) < 4.78 is 67.1. The van der Waals surface area contributed by atoms with Gasteiger partial charge < -0.3 is 4.74 Å². The summed E-state index contributed by atoms with van der Waals surface area (Å²) in [5.41, 5.74) is 0.863. The van der Waals surface area contributed by atoms with Crippen molar-refractivity contribution < 1.29 is 26.3 Å². The van der Waals surface area contributed by atoms with E-state index in [0.717, 1.165) is 29.8 Å². The average Bonchev–Trinajstić information content (AvgIpc) is 3.07. The molecule has 0 saturated carbocycles. The number of halogens is 3. The molecule has 0 amide bonds. The third-order valence-corrected chi connectivity index (χ3v) is 5.29. The van der Waals surface area contributed by atoms with Crippen molar-refractivity contribution in [1.82, 2.24) is 9.78 Å². The van der Waals surface area contributed by atoms with Gasteiger partial charge >= 0.3 is 6.36 Å². The Kier molecular flexibility index (Phi) is 4.73. The van der Waals surface area contributed by atoms with E-state index in [1.54, 1.807) is 35.3 Å². The van der Waals surface area contributed by atoms with Crippen molar-refractivity contribution in [3.63, 3.8) is 0 Å². The van der Waals surface area contributed by atoms with Crippen molar-refractivity contribution in [2.24, 2.45) is 0 Å². The van der Waals surface area contributed by atoms with Gasteiger partial charge in [-0.05, 0) is 48.0 Å². The average molecular weight is 382 g/mol. The van der Waals surface area contributed by atoms with Gasteiger partial charge in [0.2, 0.25) is 9.84 Å². The molecule has 2 aromatic carbocycles. The maximum absolute atomic E-state index is 12.6. The first kappa shape index (κ1) is 18.0. The van der Waals surface area contributed by atoms with Crippen LogP contribution in [0, 0.1) is 0 Å². The fraction of sp³-hybridized carbons (Fsp3) is 0.118. The first-order chi connectivity index (χ1) is 12.2. The zero-order chi connectivity index (χ0) is 18.8. The van der Waals surface area contributed by atoms with Crippen LogP contribution >= 0.6 is 0 Å². The Hall–Kier alpha value is -2.81. The molecule has 0 saturated heterocycles. The molecule has 0 bridgehead atoms. The van der Waals surface area contributed by atoms with Crippen molar-refractivity contribution in [2.45, 2.75) is 22.7 Å². The van der Waals surface area contributed by atoms with Crippen LogP contribution in [0.3, 0.4) is 0 Å². The molecule has 0 atom stereocenters. The maximum Gasteiger partial charge on any atom is 0.573 e. The standard InChI is InChI=1S/C17H13F3N2O3S/c18-17(19,20)25-14-4-8-16(9-5-14)26(23,24)15-6-2-13(3-7-15)12-22-11-1-10-21-22/h1-11H,12H2. The minimum absolute atomic E-state index is 0.0474. The molecule has 0 N–H and O–H groups in total. The summed E-state index contributed by atoms with van der Waals surface area (Å²) in [6.45, 7) is 0.497. The Labute approximate surface area is 147 Å². The van der Waals surface area contributed by atoms with Crippen LogP contribution in [-0.2, 0) is 16.4 Å². The molecular formula is C17H13F3N2O3S. The van der Waals surface area contributed by atoms with E-state index >= 15 is 0 Å². The largest absolute Gasteiger partial charge is 0.573 e. The van der Waals surface area contributed by atoms with Crippen LogP contribution in [-0.4, -0.2) is 24.6 Å². The van der Waals surface area contributed by atoms with Crippen LogP contribution < -0.4 is 4.74 Å². The van der Waals surface area contributed by atoms with Crippen molar-refractivity contribution in [3.8, 4) is 5.75 Å². The Morgan fingerprint density at radius 2 is 1.54 bits per heavy atom. The quantitative estimate of drug-likeness (QED) is 0.676. The second kappa shape index (κ2) is 6.83. The zero-order valence-corrected chi connectivity index (χ0v) is 14.0. The highest BCUT2D eigenvalue weighted by molar-refractivity contribution is 7.91. The summed E-state index contributed by atoms with van der Waals surface area (Å²) in [5.74, 6) is -0.481. The molecule has 1 aromatic heterocycles. The first-order valence-electron chi connectivity index (χ1n) is 7.41. The van der Waals surface area contributed by atoms with E-state index in [0.29, 0.717) is 6.54 Å². The molecule has 0 aliphatic heterocycles. The summed E-state index contributed by atoms with van der Waals surface area (Å²) in [6.07, 6.45) is -1.40. The van der Waals surface area contributed by atoms with E-state index < -0.39 is 21.9 Å². The predicted molar refractivity (Wildman–Crippen MR) is 86.3 cm³/mol. The van der Waals surface area contributed by atoms with E-state index in [4.69, 9.17) is 0 Å². The van der Waals surface area contributed by atoms with Gasteiger partial charge in [-0.2, -0.15) is 5.10 Å². The van der Waals surface area contributed by atoms with Gasteiger partial charge in [0, 0.05) is 12.4 Å². The number of aromatic nitrogens is 2. The van der Waals surface area contributed by atoms with Crippen molar-refractivity contribution in [1.29, 1.82) is 0 Å². The fourth-order valence-electron chi connectivity index (χ4n) is 2.31. The molecule has 3 rings (SSSR count). The summed E-state index contributed by atoms with van der Waals surface area (Å²) >= 11 is 0. The highest BCUT2D eigenvalue weighted by Gasteiger charge is 2.31. The lowest BCUT2D eigenvalue weighted by molar-refractivity contribution is -0.274. The summed E-state index contributed by atoms with van der Waals surface area (Å²) in [5, 5.41) is 4.07. The van der Waals surface area contributed by atoms with Gasteiger partial charge in [0.1, 0.15) is 5.75 Å². The van der Waals surface area contributed by atoms with Crippen molar-refractivity contribution in [2.75, 3.05) is 0 Å². The molecular weight excluding hydrogens is 369 g/mol. The van der Waals surface area contributed by atoms with Gasteiger partial charge in [0.25, 0.3) is 0 Å². The number of alkyl halides is 3. The summed E-state index contributed by atoms with van der Waals surface area (Å²) in [4.78, 5) is -0.0712. The highest BCUT2D eigenvalue weighted by atomic mass is 32.2. The summed E-state index contributed by atoms with van der Waals surface area (Å²) in [6, 6.07) is 12.1. The van der Waals surface area contributed by atoms with E-state index in [-0.39, 0.29) is 9.79 Å². The van der Waals surface area contributed by atoms with Crippen molar-refractivity contribution >= 4 is 9.84 Å². The monoisotopic (exact) mass is 382 g/mol. The molecule has 3 aromatic rings. The lowest BCUT2D eigenvalue weighted by atomic mass is 10.2. The molecule has 0 aliphatic rings. The van der Waals surface area contributed by atoms with Gasteiger partial charge in [0.15, 0.2) is 0 Å². The minimum Gasteiger partial charge on any atom is -0.406 e. The van der Waals surface area contributed by atoms with Crippen LogP contribution in [0.1, 0.15) is 5.56 Å².